The number of aromatic nitrogens is 2. The van der Waals surface area contributed by atoms with Gasteiger partial charge in [0.15, 0.2) is 0 Å². The van der Waals surface area contributed by atoms with Crippen molar-refractivity contribution in [3.05, 3.63) is 152 Å². The van der Waals surface area contributed by atoms with Crippen molar-refractivity contribution < 1.29 is 4.65 Å². The van der Waals surface area contributed by atoms with Crippen molar-refractivity contribution in [2.45, 2.75) is 0 Å². The zero-order chi connectivity index (χ0) is 28.8. The summed E-state index contributed by atoms with van der Waals surface area (Å²) in [5, 5.41) is 7.56. The van der Waals surface area contributed by atoms with Crippen molar-refractivity contribution in [1.82, 2.24) is 9.13 Å². The third kappa shape index (κ3) is 3.12. The van der Waals surface area contributed by atoms with Crippen LogP contribution < -0.4 is 15.6 Å². The summed E-state index contributed by atoms with van der Waals surface area (Å²) in [6, 6.07) is 54.4. The molecule has 0 saturated heterocycles. The number of para-hydroxylation sites is 4. The fourth-order valence-electron chi connectivity index (χ4n) is 7.62. The number of fused-ring (bicyclic) bond motifs is 10. The summed E-state index contributed by atoms with van der Waals surface area (Å²) in [5.41, 5.74) is 9.42. The van der Waals surface area contributed by atoms with E-state index in [-0.39, 0.29) is 6.92 Å². The van der Waals surface area contributed by atoms with Crippen LogP contribution in [0.2, 0.25) is 0 Å². The predicted octanol–water partition coefficient (Wildman–Crippen LogP) is 8.53. The Morgan fingerprint density at radius 2 is 1.05 bits per heavy atom. The Balaban J connectivity index is 1.38. The molecule has 0 spiro atoms. The van der Waals surface area contributed by atoms with E-state index in [1.807, 2.05) is 18.2 Å². The predicted molar refractivity (Wildman–Crippen MR) is 185 cm³/mol. The van der Waals surface area contributed by atoms with E-state index >= 15 is 0 Å². The van der Waals surface area contributed by atoms with Gasteiger partial charge in [-0.05, 0) is 58.7 Å². The molecule has 0 atom stereocenters. The highest BCUT2D eigenvalue weighted by Gasteiger charge is 2.38. The van der Waals surface area contributed by atoms with E-state index in [9.17, 15) is 0 Å². The van der Waals surface area contributed by atoms with E-state index in [4.69, 9.17) is 4.65 Å². The molecule has 0 bridgehead atoms. The maximum absolute atomic E-state index is 7.05. The monoisotopic (exact) mass is 560 g/mol. The Labute approximate surface area is 254 Å². The SMILES string of the molecule is c1ccc(OB2c3c(-n4c5ccccc5c5ccccc54)cccc3-n3c4ccc5ccccc5c4c4cccc2c43)cc1. The molecule has 9 aromatic rings. The Morgan fingerprint density at radius 1 is 0.432 bits per heavy atom. The topological polar surface area (TPSA) is 19.1 Å². The third-order valence-corrected chi connectivity index (χ3v) is 9.37. The van der Waals surface area contributed by atoms with Gasteiger partial charge in [-0.25, -0.2) is 0 Å². The number of rotatable bonds is 3. The fraction of sp³-hybridized carbons (Fsp3) is 0. The molecular weight excluding hydrogens is 535 g/mol. The number of hydrogen-bond donors (Lipinski definition) is 0. The molecule has 2 aromatic heterocycles. The molecule has 3 heterocycles. The molecule has 1 aliphatic rings. The van der Waals surface area contributed by atoms with Crippen LogP contribution in [0.4, 0.5) is 0 Å². The summed E-state index contributed by atoms with van der Waals surface area (Å²) in [6.45, 7) is -0.310. The normalized spacial score (nSPS) is 12.5. The summed E-state index contributed by atoms with van der Waals surface area (Å²) >= 11 is 0. The minimum absolute atomic E-state index is 0.310. The van der Waals surface area contributed by atoms with Gasteiger partial charge in [0, 0.05) is 38.4 Å². The van der Waals surface area contributed by atoms with E-state index in [1.54, 1.807) is 0 Å². The summed E-state index contributed by atoms with van der Waals surface area (Å²) in [7, 11) is 0. The number of hydrogen-bond acceptors (Lipinski definition) is 1. The number of nitrogens with zero attached hydrogens (tertiary/aromatic N) is 2. The molecule has 44 heavy (non-hydrogen) atoms. The molecule has 0 aliphatic carbocycles. The van der Waals surface area contributed by atoms with Crippen molar-refractivity contribution in [2.75, 3.05) is 0 Å². The molecular formula is C40H25BN2O. The molecule has 0 saturated carbocycles. The fourth-order valence-corrected chi connectivity index (χ4v) is 7.62. The van der Waals surface area contributed by atoms with Crippen molar-refractivity contribution in [3.63, 3.8) is 0 Å². The zero-order valence-corrected chi connectivity index (χ0v) is 23.8. The molecule has 0 radical (unpaired) electrons. The van der Waals surface area contributed by atoms with Gasteiger partial charge >= 0.3 is 6.92 Å². The second kappa shape index (κ2) is 8.89. The largest absolute Gasteiger partial charge is 0.551 e. The van der Waals surface area contributed by atoms with Gasteiger partial charge in [0.2, 0.25) is 0 Å². The average Bonchev–Trinajstić information content (AvgIpc) is 3.61. The minimum Gasteiger partial charge on any atom is -0.551 e. The maximum atomic E-state index is 7.05. The van der Waals surface area contributed by atoms with Gasteiger partial charge in [-0.3, -0.25) is 0 Å². The highest BCUT2D eigenvalue weighted by Crippen LogP contribution is 2.39. The Hall–Kier alpha value is -5.74. The zero-order valence-electron chi connectivity index (χ0n) is 23.8. The van der Waals surface area contributed by atoms with Crippen LogP contribution in [-0.4, -0.2) is 16.0 Å². The van der Waals surface area contributed by atoms with Gasteiger partial charge in [0.25, 0.3) is 0 Å². The van der Waals surface area contributed by atoms with Gasteiger partial charge in [-0.2, -0.15) is 0 Å². The van der Waals surface area contributed by atoms with Crippen LogP contribution in [-0.2, 0) is 0 Å². The first kappa shape index (κ1) is 23.8. The molecule has 10 rings (SSSR count). The second-order valence-electron chi connectivity index (χ2n) is 11.7. The van der Waals surface area contributed by atoms with Crippen LogP contribution in [0.25, 0.3) is 65.8 Å². The first-order chi connectivity index (χ1) is 21.9. The van der Waals surface area contributed by atoms with Gasteiger partial charge in [-0.15, -0.1) is 0 Å². The molecule has 3 nitrogen and oxygen atoms in total. The van der Waals surface area contributed by atoms with Crippen LogP contribution in [0.1, 0.15) is 0 Å². The summed E-state index contributed by atoms with van der Waals surface area (Å²) in [4.78, 5) is 0. The van der Waals surface area contributed by atoms with Gasteiger partial charge in [0.05, 0.1) is 27.8 Å². The standard InChI is InChI=1S/C40H25BN2O/c1-2-13-27(14-3-1)44-41-32-19-10-18-31-38-28-15-5-4-12-26(28)24-25-35(38)43(40(31)32)37-23-11-22-36(39(37)41)42-33-20-8-6-16-29(33)30-17-7-9-21-34(30)42/h1-25H. The molecule has 0 N–H and O–H groups in total. The third-order valence-electron chi connectivity index (χ3n) is 9.37. The second-order valence-corrected chi connectivity index (χ2v) is 11.7. The molecule has 7 aromatic carbocycles. The summed E-state index contributed by atoms with van der Waals surface area (Å²) in [5.74, 6) is 0.854. The summed E-state index contributed by atoms with van der Waals surface area (Å²) in [6.07, 6.45) is 0. The summed E-state index contributed by atoms with van der Waals surface area (Å²) < 4.78 is 12.0. The van der Waals surface area contributed by atoms with Crippen LogP contribution in [0.15, 0.2) is 152 Å². The maximum Gasteiger partial charge on any atom is 0.432 e. The lowest BCUT2D eigenvalue weighted by molar-refractivity contribution is 0.591. The van der Waals surface area contributed by atoms with E-state index in [0.29, 0.717) is 0 Å². The average molecular weight is 560 g/mol. The Morgan fingerprint density at radius 3 is 1.82 bits per heavy atom. The lowest BCUT2D eigenvalue weighted by atomic mass is 9.52. The van der Waals surface area contributed by atoms with E-state index in [1.165, 1.54) is 59.8 Å². The van der Waals surface area contributed by atoms with Gasteiger partial charge in [0.1, 0.15) is 0 Å². The van der Waals surface area contributed by atoms with Crippen LogP contribution in [0, 0.1) is 0 Å². The Kier molecular flexibility index (Phi) is 4.80. The molecule has 1 aliphatic heterocycles. The first-order valence-corrected chi connectivity index (χ1v) is 15.2. The van der Waals surface area contributed by atoms with E-state index < -0.39 is 0 Å². The smallest absolute Gasteiger partial charge is 0.432 e. The van der Waals surface area contributed by atoms with Crippen molar-refractivity contribution in [2.24, 2.45) is 0 Å². The van der Waals surface area contributed by atoms with Crippen LogP contribution >= 0.6 is 0 Å². The van der Waals surface area contributed by atoms with Gasteiger partial charge in [-0.1, -0.05) is 109 Å². The highest BCUT2D eigenvalue weighted by atomic mass is 16.4. The van der Waals surface area contributed by atoms with Gasteiger partial charge < -0.3 is 13.8 Å². The molecule has 0 fully saturated rings. The molecule has 0 unspecified atom stereocenters. The van der Waals surface area contributed by atoms with E-state index in [2.05, 4.69) is 143 Å². The van der Waals surface area contributed by atoms with E-state index in [0.717, 1.165) is 22.6 Å². The minimum atomic E-state index is -0.310. The number of benzene rings is 7. The molecule has 4 heteroatoms. The lowest BCUT2D eigenvalue weighted by Gasteiger charge is -2.29. The quantitative estimate of drug-likeness (QED) is 0.198. The first-order valence-electron chi connectivity index (χ1n) is 15.2. The van der Waals surface area contributed by atoms with Crippen molar-refractivity contribution in [1.29, 1.82) is 0 Å². The van der Waals surface area contributed by atoms with Crippen LogP contribution in [0.3, 0.4) is 0 Å². The lowest BCUT2D eigenvalue weighted by Crippen LogP contribution is -2.53. The molecule has 0 amide bonds. The Bertz CT molecular complexity index is 2540. The van der Waals surface area contributed by atoms with Crippen LogP contribution in [0.5, 0.6) is 5.75 Å². The van der Waals surface area contributed by atoms with Crippen molar-refractivity contribution in [3.8, 4) is 17.1 Å². The molecule has 204 valence electrons. The highest BCUT2D eigenvalue weighted by molar-refractivity contribution is 6.85. The van der Waals surface area contributed by atoms with Crippen molar-refractivity contribution >= 4 is 72.2 Å².